The first-order valence-electron chi connectivity index (χ1n) is 9.53. The molecule has 6 rings (SSSR count). The molecule has 0 aromatic heterocycles. The average molecular weight is 383 g/mol. The molecule has 5 nitrogen and oxygen atoms in total. The zero-order valence-electron chi connectivity index (χ0n) is 15.4. The van der Waals surface area contributed by atoms with Gasteiger partial charge >= 0.3 is 11.9 Å². The Kier molecular flexibility index (Phi) is 4.06. The molecule has 0 radical (unpaired) electrons. The van der Waals surface area contributed by atoms with E-state index in [9.17, 15) is 14.4 Å². The molecule has 0 N–H and O–H groups in total. The summed E-state index contributed by atoms with van der Waals surface area (Å²) in [6, 6.07) is 17.3. The van der Waals surface area contributed by atoms with Gasteiger partial charge in [-0.05, 0) is 24.3 Å². The van der Waals surface area contributed by atoms with E-state index in [1.54, 1.807) is 29.2 Å². The maximum absolute atomic E-state index is 13.4. The number of amides is 1. The zero-order chi connectivity index (χ0) is 20.0. The molecule has 5 heteroatoms. The van der Waals surface area contributed by atoms with Crippen LogP contribution in [0, 0.1) is 29.6 Å². The van der Waals surface area contributed by atoms with Crippen LogP contribution in [0.2, 0.25) is 0 Å². The lowest BCUT2D eigenvalue weighted by molar-refractivity contribution is -0.153. The fourth-order valence-electron chi connectivity index (χ4n) is 4.53. The summed E-state index contributed by atoms with van der Waals surface area (Å²) in [5.74, 6) is 3.41. The van der Waals surface area contributed by atoms with Crippen molar-refractivity contribution >= 4 is 17.8 Å². The Balaban J connectivity index is 1.59. The first-order chi connectivity index (χ1) is 14.1. The van der Waals surface area contributed by atoms with E-state index in [4.69, 9.17) is 4.74 Å². The highest BCUT2D eigenvalue weighted by molar-refractivity contribution is 6.01. The summed E-state index contributed by atoms with van der Waals surface area (Å²) in [4.78, 5) is 39.7. The van der Waals surface area contributed by atoms with Gasteiger partial charge in [-0.15, -0.1) is 0 Å². The predicted molar refractivity (Wildman–Crippen MR) is 104 cm³/mol. The molecule has 1 aliphatic carbocycles. The van der Waals surface area contributed by atoms with E-state index >= 15 is 0 Å². The van der Waals surface area contributed by atoms with E-state index in [-0.39, 0.29) is 11.8 Å². The van der Waals surface area contributed by atoms with E-state index < -0.39 is 35.9 Å². The van der Waals surface area contributed by atoms with Crippen LogP contribution in [-0.2, 0) is 14.3 Å². The van der Waals surface area contributed by atoms with E-state index in [0.717, 1.165) is 5.56 Å². The fraction of sp³-hybridized carbons (Fsp3) is 0.208. The third-order valence-corrected chi connectivity index (χ3v) is 5.82. The lowest BCUT2D eigenvalue weighted by atomic mass is 9.66. The molecule has 0 saturated carbocycles. The monoisotopic (exact) mass is 383 g/mol. The van der Waals surface area contributed by atoms with E-state index in [1.165, 1.54) is 0 Å². The molecular weight excluding hydrogens is 366 g/mol. The van der Waals surface area contributed by atoms with Crippen molar-refractivity contribution in [3.8, 4) is 11.8 Å². The van der Waals surface area contributed by atoms with Crippen LogP contribution in [0.3, 0.4) is 0 Å². The van der Waals surface area contributed by atoms with Gasteiger partial charge in [0, 0.05) is 17.0 Å². The number of carbonyl (C=O) groups is 3. The van der Waals surface area contributed by atoms with Crippen molar-refractivity contribution in [2.24, 2.45) is 17.8 Å². The molecule has 142 valence electrons. The van der Waals surface area contributed by atoms with Crippen LogP contribution in [-0.4, -0.2) is 34.8 Å². The van der Waals surface area contributed by atoms with Gasteiger partial charge in [-0.1, -0.05) is 60.4 Å². The molecule has 2 aromatic carbocycles. The molecule has 1 amide bonds. The number of piperidine rings is 1. The van der Waals surface area contributed by atoms with Crippen molar-refractivity contribution in [3.63, 3.8) is 0 Å². The Bertz CT molecular complexity index is 1080. The Morgan fingerprint density at radius 1 is 0.862 bits per heavy atom. The van der Waals surface area contributed by atoms with Crippen molar-refractivity contribution in [3.05, 3.63) is 83.9 Å². The van der Waals surface area contributed by atoms with Crippen LogP contribution in [0.25, 0.3) is 0 Å². The number of rotatable bonds is 1. The summed E-state index contributed by atoms with van der Waals surface area (Å²) in [6.07, 6.45) is 3.75. The standard InChI is InChI=1S/C24H17NO4/c26-22(16-9-5-2-6-10-16)25-18(13-11-15-7-3-1-4-8-15)17-12-14-19(25)21-20(17)23(27)29-24(21)28/h1-10,12,14,17-21H/t17-,18+,19+,20+,21+/m0/s1. The molecule has 0 spiro atoms. The molecule has 0 unspecified atom stereocenters. The lowest BCUT2D eigenvalue weighted by Gasteiger charge is -2.49. The minimum absolute atomic E-state index is 0.206. The number of cyclic esters (lactones) is 2. The van der Waals surface area contributed by atoms with E-state index in [1.807, 2.05) is 48.6 Å². The van der Waals surface area contributed by atoms with Crippen LogP contribution in [0.5, 0.6) is 0 Å². The molecule has 2 bridgehead atoms. The smallest absolute Gasteiger partial charge is 0.319 e. The number of ether oxygens (including phenoxy) is 1. The first-order valence-corrected chi connectivity index (χ1v) is 9.53. The van der Waals surface area contributed by atoms with Gasteiger partial charge in [-0.25, -0.2) is 0 Å². The third kappa shape index (κ3) is 2.76. The van der Waals surface area contributed by atoms with Crippen LogP contribution in [0.15, 0.2) is 72.8 Å². The van der Waals surface area contributed by atoms with Crippen LogP contribution in [0.4, 0.5) is 0 Å². The molecule has 5 atom stereocenters. The van der Waals surface area contributed by atoms with E-state index in [0.29, 0.717) is 5.56 Å². The minimum atomic E-state index is -0.667. The summed E-state index contributed by atoms with van der Waals surface area (Å²) in [5, 5.41) is 0. The molecule has 3 aliphatic heterocycles. The molecule has 2 fully saturated rings. The van der Waals surface area contributed by atoms with Crippen molar-refractivity contribution in [1.29, 1.82) is 0 Å². The van der Waals surface area contributed by atoms with Crippen molar-refractivity contribution in [1.82, 2.24) is 4.90 Å². The van der Waals surface area contributed by atoms with Crippen molar-refractivity contribution < 1.29 is 19.1 Å². The Hall–Kier alpha value is -3.65. The second kappa shape index (κ2) is 6.75. The van der Waals surface area contributed by atoms with Crippen molar-refractivity contribution in [2.75, 3.05) is 0 Å². The molecule has 2 aromatic rings. The molecule has 4 aliphatic rings. The van der Waals surface area contributed by atoms with Gasteiger partial charge in [0.15, 0.2) is 0 Å². The highest BCUT2D eigenvalue weighted by atomic mass is 16.6. The molecular formula is C24H17NO4. The summed E-state index contributed by atoms with van der Waals surface area (Å²) in [6.45, 7) is 0. The Labute approximate surface area is 168 Å². The summed E-state index contributed by atoms with van der Waals surface area (Å²) in [7, 11) is 0. The maximum atomic E-state index is 13.4. The second-order valence-corrected chi connectivity index (χ2v) is 7.40. The van der Waals surface area contributed by atoms with Gasteiger partial charge in [0.2, 0.25) is 0 Å². The third-order valence-electron chi connectivity index (χ3n) is 5.82. The zero-order valence-corrected chi connectivity index (χ0v) is 15.4. The van der Waals surface area contributed by atoms with Gasteiger partial charge in [0.05, 0.1) is 17.9 Å². The number of esters is 2. The van der Waals surface area contributed by atoms with Crippen LogP contribution in [0.1, 0.15) is 15.9 Å². The number of carbonyl (C=O) groups excluding carboxylic acids is 3. The highest BCUT2D eigenvalue weighted by Gasteiger charge is 2.61. The minimum Gasteiger partial charge on any atom is -0.393 e. The summed E-state index contributed by atoms with van der Waals surface area (Å²) >= 11 is 0. The van der Waals surface area contributed by atoms with Gasteiger partial charge < -0.3 is 9.64 Å². The molecule has 29 heavy (non-hydrogen) atoms. The fourth-order valence-corrected chi connectivity index (χ4v) is 4.53. The van der Waals surface area contributed by atoms with Crippen LogP contribution >= 0.6 is 0 Å². The summed E-state index contributed by atoms with van der Waals surface area (Å²) in [5.41, 5.74) is 1.35. The average Bonchev–Trinajstić information content (AvgIpc) is 3.08. The molecule has 3 heterocycles. The SMILES string of the molecule is O=C1OC(=O)[C@H]2[C@H]1[C@H]1C=C[C@H]2N(C(=O)c2ccccc2)[C@@H]1C#Cc1ccccc1. The lowest BCUT2D eigenvalue weighted by Crippen LogP contribution is -2.62. The number of hydrogen-bond acceptors (Lipinski definition) is 4. The van der Waals surface area contributed by atoms with Gasteiger partial charge in [0.1, 0.15) is 6.04 Å². The summed E-state index contributed by atoms with van der Waals surface area (Å²) < 4.78 is 4.93. The number of hydrogen-bond donors (Lipinski definition) is 0. The van der Waals surface area contributed by atoms with Gasteiger partial charge in [0.25, 0.3) is 5.91 Å². The van der Waals surface area contributed by atoms with E-state index in [2.05, 4.69) is 11.8 Å². The molecule has 2 saturated heterocycles. The van der Waals surface area contributed by atoms with Gasteiger partial charge in [-0.3, -0.25) is 14.4 Å². The quantitative estimate of drug-likeness (QED) is 0.328. The number of fused-ring (bicyclic) bond motifs is 1. The van der Waals surface area contributed by atoms with Crippen LogP contribution < -0.4 is 0 Å². The van der Waals surface area contributed by atoms with Gasteiger partial charge in [-0.2, -0.15) is 0 Å². The normalized spacial score (nSPS) is 29.1. The topological polar surface area (TPSA) is 63.7 Å². The first kappa shape index (κ1) is 17.4. The second-order valence-electron chi connectivity index (χ2n) is 7.40. The largest absolute Gasteiger partial charge is 0.393 e. The number of benzene rings is 2. The number of nitrogens with zero attached hydrogens (tertiary/aromatic N) is 1. The van der Waals surface area contributed by atoms with Crippen molar-refractivity contribution in [2.45, 2.75) is 12.1 Å². The predicted octanol–water partition coefficient (Wildman–Crippen LogP) is 2.43. The Morgan fingerprint density at radius 3 is 2.24 bits per heavy atom. The Morgan fingerprint density at radius 2 is 1.52 bits per heavy atom. The highest BCUT2D eigenvalue weighted by Crippen LogP contribution is 2.47. The maximum Gasteiger partial charge on any atom is 0.319 e.